The van der Waals surface area contributed by atoms with Crippen molar-refractivity contribution < 1.29 is 9.63 Å². The van der Waals surface area contributed by atoms with Gasteiger partial charge in [-0.25, -0.2) is 5.06 Å². The molecule has 0 spiro atoms. The normalized spacial score (nSPS) is 20.4. The zero-order valence-electron chi connectivity index (χ0n) is 13.6. The van der Waals surface area contributed by atoms with E-state index in [1.165, 1.54) is 5.06 Å². The quantitative estimate of drug-likeness (QED) is 0.721. The number of hydrogen-bond acceptors (Lipinski definition) is 2. The van der Waals surface area contributed by atoms with Crippen LogP contribution in [-0.2, 0) is 21.7 Å². The first-order chi connectivity index (χ1) is 11.3. The van der Waals surface area contributed by atoms with Gasteiger partial charge in [-0.3, -0.25) is 9.63 Å². The van der Waals surface area contributed by atoms with Crippen LogP contribution in [-0.4, -0.2) is 17.5 Å². The number of β-lactam (4-membered cyclic amide) rings is 1. The fourth-order valence-corrected chi connectivity index (χ4v) is 3.14. The SMILES string of the molecule is CCCCC1(c2ccccc2)CN(OCc2ccccc2)C1=O. The average Bonchev–Trinajstić information content (AvgIpc) is 2.62. The Hall–Kier alpha value is -2.13. The molecule has 3 heteroatoms. The van der Waals surface area contributed by atoms with Gasteiger partial charge in [0.05, 0.1) is 12.0 Å². The minimum absolute atomic E-state index is 0.0908. The first-order valence-electron chi connectivity index (χ1n) is 8.30. The Morgan fingerprint density at radius 1 is 1.04 bits per heavy atom. The fourth-order valence-electron chi connectivity index (χ4n) is 3.14. The summed E-state index contributed by atoms with van der Waals surface area (Å²) in [6, 6.07) is 20.1. The van der Waals surface area contributed by atoms with Crippen LogP contribution in [0, 0.1) is 0 Å². The Morgan fingerprint density at radius 3 is 2.30 bits per heavy atom. The van der Waals surface area contributed by atoms with Crippen molar-refractivity contribution in [1.82, 2.24) is 5.06 Å². The molecule has 1 unspecified atom stereocenters. The van der Waals surface area contributed by atoms with Gasteiger partial charge in [-0.1, -0.05) is 80.4 Å². The highest BCUT2D eigenvalue weighted by atomic mass is 16.7. The molecule has 1 aliphatic rings. The number of nitrogens with zero attached hydrogens (tertiary/aromatic N) is 1. The third-order valence-electron chi connectivity index (χ3n) is 4.56. The van der Waals surface area contributed by atoms with Gasteiger partial charge in [-0.15, -0.1) is 0 Å². The number of carbonyl (C=O) groups is 1. The maximum Gasteiger partial charge on any atom is 0.258 e. The molecule has 1 amide bonds. The Balaban J connectivity index is 1.68. The van der Waals surface area contributed by atoms with E-state index in [-0.39, 0.29) is 5.91 Å². The summed E-state index contributed by atoms with van der Waals surface area (Å²) in [5.41, 5.74) is 1.79. The summed E-state index contributed by atoms with van der Waals surface area (Å²) in [4.78, 5) is 18.5. The van der Waals surface area contributed by atoms with Crippen molar-refractivity contribution >= 4 is 5.91 Å². The molecule has 0 bridgehead atoms. The number of rotatable bonds is 7. The lowest BCUT2D eigenvalue weighted by Crippen LogP contribution is -2.63. The van der Waals surface area contributed by atoms with Gasteiger partial charge < -0.3 is 0 Å². The molecule has 2 aromatic rings. The van der Waals surface area contributed by atoms with Crippen LogP contribution in [0.4, 0.5) is 0 Å². The molecule has 0 aromatic heterocycles. The number of hydrogen-bond donors (Lipinski definition) is 0. The van der Waals surface area contributed by atoms with Crippen molar-refractivity contribution in [2.75, 3.05) is 6.54 Å². The Morgan fingerprint density at radius 2 is 1.70 bits per heavy atom. The van der Waals surface area contributed by atoms with Crippen LogP contribution in [0.15, 0.2) is 60.7 Å². The molecule has 1 fully saturated rings. The van der Waals surface area contributed by atoms with Crippen LogP contribution in [0.1, 0.15) is 37.3 Å². The second-order valence-electron chi connectivity index (χ2n) is 6.15. The molecule has 0 radical (unpaired) electrons. The highest BCUT2D eigenvalue weighted by Crippen LogP contribution is 2.40. The van der Waals surface area contributed by atoms with Gasteiger partial charge >= 0.3 is 0 Å². The summed E-state index contributed by atoms with van der Waals surface area (Å²) < 4.78 is 0. The third kappa shape index (κ3) is 3.15. The lowest BCUT2D eigenvalue weighted by molar-refractivity contribution is -0.232. The van der Waals surface area contributed by atoms with Gasteiger partial charge in [-0.2, -0.15) is 0 Å². The Bertz CT molecular complexity index is 641. The second-order valence-corrected chi connectivity index (χ2v) is 6.15. The molecule has 1 aliphatic heterocycles. The molecular formula is C20H23NO2. The van der Waals surface area contributed by atoms with Crippen LogP contribution < -0.4 is 0 Å². The summed E-state index contributed by atoms with van der Waals surface area (Å²) in [5, 5.41) is 1.52. The summed E-state index contributed by atoms with van der Waals surface area (Å²) in [7, 11) is 0. The van der Waals surface area contributed by atoms with Gasteiger partial charge in [0.1, 0.15) is 6.61 Å². The second kappa shape index (κ2) is 6.97. The van der Waals surface area contributed by atoms with Crippen molar-refractivity contribution in [1.29, 1.82) is 0 Å². The lowest BCUT2D eigenvalue weighted by atomic mass is 9.70. The van der Waals surface area contributed by atoms with Gasteiger partial charge in [0.25, 0.3) is 5.91 Å². The standard InChI is InChI=1S/C20H23NO2/c1-2-3-14-20(18-12-8-5-9-13-18)16-21(19(20)22)23-15-17-10-6-4-7-11-17/h4-13H,2-3,14-16H2,1H3. The summed E-state index contributed by atoms with van der Waals surface area (Å²) in [5.74, 6) is 0.0908. The van der Waals surface area contributed by atoms with Crippen molar-refractivity contribution in [3.63, 3.8) is 0 Å². The minimum Gasteiger partial charge on any atom is -0.271 e. The molecule has 2 aromatic carbocycles. The first kappa shape index (κ1) is 15.8. The summed E-state index contributed by atoms with van der Waals surface area (Å²) >= 11 is 0. The van der Waals surface area contributed by atoms with Crippen molar-refractivity contribution in [2.24, 2.45) is 0 Å². The van der Waals surface area contributed by atoms with Crippen LogP contribution in [0.5, 0.6) is 0 Å². The third-order valence-corrected chi connectivity index (χ3v) is 4.56. The van der Waals surface area contributed by atoms with Gasteiger partial charge in [0.15, 0.2) is 0 Å². The van der Waals surface area contributed by atoms with Crippen LogP contribution in [0.25, 0.3) is 0 Å². The van der Waals surface area contributed by atoms with E-state index in [1.54, 1.807) is 0 Å². The predicted octanol–water partition coefficient (Wildman–Crippen LogP) is 4.09. The number of benzene rings is 2. The molecule has 120 valence electrons. The predicted molar refractivity (Wildman–Crippen MR) is 90.6 cm³/mol. The van der Waals surface area contributed by atoms with Gasteiger partial charge in [0, 0.05) is 0 Å². The molecule has 3 rings (SSSR count). The van der Waals surface area contributed by atoms with E-state index in [4.69, 9.17) is 4.84 Å². The first-order valence-corrected chi connectivity index (χ1v) is 8.30. The molecule has 0 aliphatic carbocycles. The molecule has 0 N–H and O–H groups in total. The van der Waals surface area contributed by atoms with Gasteiger partial charge in [-0.05, 0) is 17.5 Å². The monoisotopic (exact) mass is 309 g/mol. The highest BCUT2D eigenvalue weighted by Gasteiger charge is 2.53. The maximum atomic E-state index is 12.8. The molecule has 1 saturated heterocycles. The zero-order chi connectivity index (χ0) is 16.1. The van der Waals surface area contributed by atoms with Crippen molar-refractivity contribution in [2.45, 2.75) is 38.2 Å². The molecule has 1 atom stereocenters. The van der Waals surface area contributed by atoms with E-state index in [1.807, 2.05) is 48.5 Å². The smallest absolute Gasteiger partial charge is 0.258 e. The van der Waals surface area contributed by atoms with E-state index < -0.39 is 5.41 Å². The molecule has 23 heavy (non-hydrogen) atoms. The van der Waals surface area contributed by atoms with Crippen LogP contribution in [0.3, 0.4) is 0 Å². The van der Waals surface area contributed by atoms with Crippen molar-refractivity contribution in [3.05, 3.63) is 71.8 Å². The minimum atomic E-state index is -0.395. The van der Waals surface area contributed by atoms with Crippen molar-refractivity contribution in [3.8, 4) is 0 Å². The largest absolute Gasteiger partial charge is 0.271 e. The average molecular weight is 309 g/mol. The molecule has 3 nitrogen and oxygen atoms in total. The van der Waals surface area contributed by atoms with E-state index >= 15 is 0 Å². The molecule has 0 saturated carbocycles. The van der Waals surface area contributed by atoms with E-state index in [0.29, 0.717) is 13.2 Å². The van der Waals surface area contributed by atoms with Crippen LogP contribution >= 0.6 is 0 Å². The maximum absolute atomic E-state index is 12.8. The lowest BCUT2D eigenvalue weighted by Gasteiger charge is -2.48. The molecular weight excluding hydrogens is 286 g/mol. The Labute approximate surface area is 137 Å². The van der Waals surface area contributed by atoms with Crippen LogP contribution in [0.2, 0.25) is 0 Å². The zero-order valence-corrected chi connectivity index (χ0v) is 13.6. The van der Waals surface area contributed by atoms with Gasteiger partial charge in [0.2, 0.25) is 0 Å². The summed E-state index contributed by atoms with van der Waals surface area (Å²) in [6.45, 7) is 3.24. The number of hydroxylamine groups is 2. The molecule has 1 heterocycles. The topological polar surface area (TPSA) is 29.5 Å². The fraction of sp³-hybridized carbons (Fsp3) is 0.350. The van der Waals surface area contributed by atoms with E-state index in [0.717, 1.165) is 30.4 Å². The number of amides is 1. The number of carbonyl (C=O) groups excluding carboxylic acids is 1. The summed E-state index contributed by atoms with van der Waals surface area (Å²) in [6.07, 6.45) is 3.03. The number of unbranched alkanes of at least 4 members (excludes halogenated alkanes) is 1. The van der Waals surface area contributed by atoms with E-state index in [2.05, 4.69) is 19.1 Å². The Kier molecular flexibility index (Phi) is 4.77. The highest BCUT2D eigenvalue weighted by molar-refractivity contribution is 5.93. The van der Waals surface area contributed by atoms with E-state index in [9.17, 15) is 4.79 Å².